The van der Waals surface area contributed by atoms with Crippen LogP contribution < -0.4 is 0 Å². The molecule has 0 saturated carbocycles. The molecule has 0 atom stereocenters. The summed E-state index contributed by atoms with van der Waals surface area (Å²) in [5, 5.41) is 19.0. The Morgan fingerprint density at radius 3 is 1.33 bits per heavy atom. The van der Waals surface area contributed by atoms with Crippen molar-refractivity contribution in [3.8, 4) is 12.1 Å². The van der Waals surface area contributed by atoms with Crippen LogP contribution in [0.2, 0.25) is 0 Å². The monoisotopic (exact) mass is 364 g/mol. The SMILES string of the molecule is N#Cc1c(CCCCCCCl)ccc(CCCCCCCl)c1C#N. The van der Waals surface area contributed by atoms with Gasteiger partial charge >= 0.3 is 0 Å². The Kier molecular flexibility index (Phi) is 11.4. The Morgan fingerprint density at radius 1 is 0.625 bits per heavy atom. The summed E-state index contributed by atoms with van der Waals surface area (Å²) in [7, 11) is 0. The first-order valence-electron chi connectivity index (χ1n) is 8.85. The largest absolute Gasteiger partial charge is 0.192 e. The second-order valence-corrected chi connectivity index (χ2v) is 6.82. The topological polar surface area (TPSA) is 47.6 Å². The first kappa shape index (κ1) is 20.8. The molecule has 0 aromatic heterocycles. The van der Waals surface area contributed by atoms with E-state index in [0.29, 0.717) is 22.9 Å². The third-order valence-electron chi connectivity index (χ3n) is 4.26. The van der Waals surface area contributed by atoms with Gasteiger partial charge in [-0.25, -0.2) is 0 Å². The van der Waals surface area contributed by atoms with Gasteiger partial charge in [0.15, 0.2) is 0 Å². The van der Waals surface area contributed by atoms with Gasteiger partial charge in [0, 0.05) is 11.8 Å². The molecule has 4 heteroatoms. The second-order valence-electron chi connectivity index (χ2n) is 6.06. The van der Waals surface area contributed by atoms with Gasteiger partial charge in [0.05, 0.1) is 11.1 Å². The Labute approximate surface area is 156 Å². The first-order valence-corrected chi connectivity index (χ1v) is 9.92. The standard InChI is InChI=1S/C20H26Cl2N2/c21-13-7-3-1-5-9-17-11-12-18(10-6-2-4-8-14-22)20(16-24)19(17)15-23/h11-12H,1-10,13-14H2. The van der Waals surface area contributed by atoms with Crippen molar-refractivity contribution in [1.29, 1.82) is 10.5 Å². The van der Waals surface area contributed by atoms with Crippen LogP contribution in [0, 0.1) is 22.7 Å². The minimum absolute atomic E-state index is 0.577. The van der Waals surface area contributed by atoms with Crippen molar-refractivity contribution in [3.05, 3.63) is 34.4 Å². The van der Waals surface area contributed by atoms with Gasteiger partial charge in [-0.2, -0.15) is 10.5 Å². The average molecular weight is 365 g/mol. The van der Waals surface area contributed by atoms with Crippen LogP contribution in [-0.2, 0) is 12.8 Å². The van der Waals surface area contributed by atoms with E-state index in [9.17, 15) is 10.5 Å². The van der Waals surface area contributed by atoms with Gasteiger partial charge in [-0.3, -0.25) is 0 Å². The molecule has 0 bridgehead atoms. The summed E-state index contributed by atoms with van der Waals surface area (Å²) in [6, 6.07) is 8.59. The third-order valence-corrected chi connectivity index (χ3v) is 4.80. The van der Waals surface area contributed by atoms with Gasteiger partial charge in [0.25, 0.3) is 0 Å². The van der Waals surface area contributed by atoms with Gasteiger partial charge in [-0.1, -0.05) is 37.8 Å². The summed E-state index contributed by atoms with van der Waals surface area (Å²) < 4.78 is 0. The van der Waals surface area contributed by atoms with E-state index in [2.05, 4.69) is 12.1 Å². The molecule has 2 nitrogen and oxygen atoms in total. The fourth-order valence-corrected chi connectivity index (χ4v) is 3.27. The number of hydrogen-bond donors (Lipinski definition) is 0. The Hall–Kier alpha value is -1.22. The number of benzene rings is 1. The van der Waals surface area contributed by atoms with Crippen molar-refractivity contribution in [2.75, 3.05) is 11.8 Å². The number of nitrogens with zero attached hydrogens (tertiary/aromatic N) is 2. The molecule has 1 rings (SSSR count). The summed E-state index contributed by atoms with van der Waals surface area (Å²) in [5.41, 5.74) is 3.16. The summed E-state index contributed by atoms with van der Waals surface area (Å²) in [6.07, 6.45) is 10.3. The molecule has 0 spiro atoms. The van der Waals surface area contributed by atoms with Crippen molar-refractivity contribution >= 4 is 23.2 Å². The van der Waals surface area contributed by atoms with Crippen LogP contribution in [0.1, 0.15) is 73.6 Å². The van der Waals surface area contributed by atoms with E-state index in [1.165, 1.54) is 0 Å². The zero-order valence-electron chi connectivity index (χ0n) is 14.3. The van der Waals surface area contributed by atoms with E-state index in [4.69, 9.17) is 23.2 Å². The van der Waals surface area contributed by atoms with E-state index in [1.807, 2.05) is 12.1 Å². The summed E-state index contributed by atoms with van der Waals surface area (Å²) >= 11 is 11.4. The lowest BCUT2D eigenvalue weighted by Crippen LogP contribution is -2.00. The predicted octanol–water partition coefficient (Wildman–Crippen LogP) is 6.11. The van der Waals surface area contributed by atoms with Crippen molar-refractivity contribution in [1.82, 2.24) is 0 Å². The van der Waals surface area contributed by atoms with Crippen LogP contribution in [0.15, 0.2) is 12.1 Å². The molecule has 0 aliphatic carbocycles. The second kappa shape index (κ2) is 13.1. The third kappa shape index (κ3) is 7.12. The highest BCUT2D eigenvalue weighted by atomic mass is 35.5. The lowest BCUT2D eigenvalue weighted by atomic mass is 9.92. The Morgan fingerprint density at radius 2 is 1.00 bits per heavy atom. The van der Waals surface area contributed by atoms with Gasteiger partial charge in [0.1, 0.15) is 12.1 Å². The summed E-state index contributed by atoms with van der Waals surface area (Å²) in [5.74, 6) is 1.42. The molecule has 130 valence electrons. The molecule has 0 fully saturated rings. The predicted molar refractivity (Wildman–Crippen MR) is 102 cm³/mol. The van der Waals surface area contributed by atoms with Crippen LogP contribution in [0.3, 0.4) is 0 Å². The minimum atomic E-state index is 0.577. The zero-order valence-corrected chi connectivity index (χ0v) is 15.8. The smallest absolute Gasteiger partial charge is 0.101 e. The van der Waals surface area contributed by atoms with Crippen LogP contribution in [0.4, 0.5) is 0 Å². The molecule has 0 aliphatic heterocycles. The van der Waals surface area contributed by atoms with Crippen molar-refractivity contribution < 1.29 is 0 Å². The van der Waals surface area contributed by atoms with Crippen LogP contribution in [0.5, 0.6) is 0 Å². The number of alkyl halides is 2. The maximum Gasteiger partial charge on any atom is 0.101 e. The van der Waals surface area contributed by atoms with Crippen molar-refractivity contribution in [3.63, 3.8) is 0 Å². The van der Waals surface area contributed by atoms with Crippen LogP contribution in [-0.4, -0.2) is 11.8 Å². The molecule has 1 aromatic carbocycles. The highest BCUT2D eigenvalue weighted by Gasteiger charge is 2.12. The number of aryl methyl sites for hydroxylation is 2. The van der Waals surface area contributed by atoms with Gasteiger partial charge in [-0.15, -0.1) is 23.2 Å². The molecule has 0 amide bonds. The fraction of sp³-hybridized carbons (Fsp3) is 0.600. The average Bonchev–Trinajstić information content (AvgIpc) is 2.61. The van der Waals surface area contributed by atoms with Gasteiger partial charge in [-0.05, 0) is 49.7 Å². The van der Waals surface area contributed by atoms with Gasteiger partial charge in [0.2, 0.25) is 0 Å². The molecular formula is C20H26Cl2N2. The number of nitriles is 2. The van der Waals surface area contributed by atoms with E-state index >= 15 is 0 Å². The first-order chi connectivity index (χ1) is 11.8. The summed E-state index contributed by atoms with van der Waals surface area (Å²) in [6.45, 7) is 0. The fourth-order valence-electron chi connectivity index (χ4n) is 2.89. The van der Waals surface area contributed by atoms with Crippen molar-refractivity contribution in [2.45, 2.75) is 64.2 Å². The molecule has 0 radical (unpaired) electrons. The Balaban J connectivity index is 2.69. The summed E-state index contributed by atoms with van der Waals surface area (Å²) in [4.78, 5) is 0. The van der Waals surface area contributed by atoms with E-state index in [1.54, 1.807) is 0 Å². The van der Waals surface area contributed by atoms with Crippen LogP contribution in [0.25, 0.3) is 0 Å². The van der Waals surface area contributed by atoms with Crippen LogP contribution >= 0.6 is 23.2 Å². The number of unbranched alkanes of at least 4 members (excludes halogenated alkanes) is 6. The molecule has 24 heavy (non-hydrogen) atoms. The van der Waals surface area contributed by atoms with Gasteiger partial charge < -0.3 is 0 Å². The maximum atomic E-state index is 9.50. The lowest BCUT2D eigenvalue weighted by Gasteiger charge is -2.10. The number of hydrogen-bond acceptors (Lipinski definition) is 2. The Bertz CT molecular complexity index is 519. The molecule has 1 aromatic rings. The van der Waals surface area contributed by atoms with E-state index < -0.39 is 0 Å². The highest BCUT2D eigenvalue weighted by Crippen LogP contribution is 2.22. The normalized spacial score (nSPS) is 10.3. The molecule has 0 N–H and O–H groups in total. The molecule has 0 aliphatic rings. The number of halogens is 2. The van der Waals surface area contributed by atoms with Crippen molar-refractivity contribution in [2.24, 2.45) is 0 Å². The van der Waals surface area contributed by atoms with E-state index in [-0.39, 0.29) is 0 Å². The number of rotatable bonds is 12. The lowest BCUT2D eigenvalue weighted by molar-refractivity contribution is 0.664. The maximum absolute atomic E-state index is 9.50. The van der Waals surface area contributed by atoms with E-state index in [0.717, 1.165) is 75.3 Å². The molecular weight excluding hydrogens is 339 g/mol. The molecule has 0 unspecified atom stereocenters. The quantitative estimate of drug-likeness (QED) is 0.331. The zero-order chi connectivity index (χ0) is 17.6. The minimum Gasteiger partial charge on any atom is -0.192 e. The molecule has 0 heterocycles. The molecule has 0 saturated heterocycles. The highest BCUT2D eigenvalue weighted by molar-refractivity contribution is 6.18.